The van der Waals surface area contributed by atoms with Crippen LogP contribution in [0.1, 0.15) is 0 Å². The molecule has 3 fully saturated rings. The fourth-order valence-corrected chi connectivity index (χ4v) is 3.63. The fourth-order valence-electron chi connectivity index (χ4n) is 3.15. The molecule has 0 saturated carbocycles. The summed E-state index contributed by atoms with van der Waals surface area (Å²) in [6, 6.07) is 0. The van der Waals surface area contributed by atoms with E-state index in [2.05, 4.69) is 4.18 Å². The van der Waals surface area contributed by atoms with Crippen molar-refractivity contribution in [2.45, 2.75) is 61.1 Å². The standard InChI is InChI=1S/C12H20O14S.H2O4S/c13-1-3-5(14)7(16)10(17)12(18,24-3)25-11-9(26-27(19,20)21)8-6(15)4(23-11)2-22-8;1-5(2,3)4/h3-11,13-18H,1-2H2,(H,19,20,21);(H2,1,2,3,4)/t3-,4-,5+,6+,7+,8-,9+,10-,11-,12+;/m1./s1. The summed E-state index contributed by atoms with van der Waals surface area (Å²) in [5.41, 5.74) is 0. The minimum absolute atomic E-state index is 0.195. The number of rotatable bonds is 5. The maximum atomic E-state index is 11.1. The maximum Gasteiger partial charge on any atom is 0.397 e. The second-order valence-electron chi connectivity index (χ2n) is 6.78. The SMILES string of the molecule is O=S(=O)(O)O.O=S(=O)(O)O[C@@H]1[C@@H](O[C@@]2(O)O[C@H](CO)[C@H](O)[C@H](O)[C@H]2O)O[C@@H]2CO[C@@H]1[C@H]2O. The molecule has 18 nitrogen and oxygen atoms in total. The van der Waals surface area contributed by atoms with E-state index in [4.69, 9.17) is 41.0 Å². The first kappa shape index (κ1) is 27.6. The summed E-state index contributed by atoms with van der Waals surface area (Å²) < 4.78 is 87.4. The van der Waals surface area contributed by atoms with E-state index in [1.54, 1.807) is 0 Å². The van der Waals surface area contributed by atoms with Crippen LogP contribution in [0, 0.1) is 0 Å². The summed E-state index contributed by atoms with van der Waals surface area (Å²) in [6.45, 7) is -1.07. The van der Waals surface area contributed by atoms with E-state index >= 15 is 0 Å². The molecule has 3 heterocycles. The van der Waals surface area contributed by atoms with Crippen LogP contribution in [0.25, 0.3) is 0 Å². The maximum absolute atomic E-state index is 11.1. The van der Waals surface area contributed by atoms with Gasteiger partial charge in [0.2, 0.25) is 0 Å². The number of hydrogen-bond donors (Lipinski definition) is 9. The first-order valence-corrected chi connectivity index (χ1v) is 11.3. The Bertz CT molecular complexity index is 836. The highest BCUT2D eigenvalue weighted by molar-refractivity contribution is 7.81. The minimum Gasteiger partial charge on any atom is -0.394 e. The van der Waals surface area contributed by atoms with Crippen LogP contribution in [-0.2, 0) is 43.9 Å². The molecule has 2 bridgehead atoms. The van der Waals surface area contributed by atoms with Gasteiger partial charge in [-0.25, -0.2) is 4.18 Å². The number of ether oxygens (including phenoxy) is 4. The van der Waals surface area contributed by atoms with Gasteiger partial charge in [-0.15, -0.1) is 0 Å². The zero-order valence-electron chi connectivity index (χ0n) is 15.6. The molecule has 0 amide bonds. The third kappa shape index (κ3) is 6.69. The molecule has 0 aliphatic carbocycles. The van der Waals surface area contributed by atoms with Gasteiger partial charge in [-0.3, -0.25) is 18.4 Å². The van der Waals surface area contributed by atoms with E-state index in [0.29, 0.717) is 0 Å². The molecule has 0 unspecified atom stereocenters. The van der Waals surface area contributed by atoms with Crippen molar-refractivity contribution in [2.24, 2.45) is 0 Å². The van der Waals surface area contributed by atoms with Gasteiger partial charge in [-0.1, -0.05) is 0 Å². The average molecular weight is 518 g/mol. The van der Waals surface area contributed by atoms with E-state index in [-0.39, 0.29) is 6.61 Å². The molecular weight excluding hydrogens is 496 g/mol. The van der Waals surface area contributed by atoms with Gasteiger partial charge in [0.05, 0.1) is 13.2 Å². The van der Waals surface area contributed by atoms with Gasteiger partial charge in [0.25, 0.3) is 0 Å². The highest BCUT2D eigenvalue weighted by Gasteiger charge is 2.60. The van der Waals surface area contributed by atoms with Crippen LogP contribution in [0.4, 0.5) is 0 Å². The van der Waals surface area contributed by atoms with Crippen molar-refractivity contribution in [3.63, 3.8) is 0 Å². The smallest absolute Gasteiger partial charge is 0.394 e. The Morgan fingerprint density at radius 3 is 2.03 bits per heavy atom. The van der Waals surface area contributed by atoms with Gasteiger partial charge in [0, 0.05) is 0 Å². The monoisotopic (exact) mass is 518 g/mol. The van der Waals surface area contributed by atoms with Crippen LogP contribution in [0.15, 0.2) is 0 Å². The van der Waals surface area contributed by atoms with Gasteiger partial charge in [0.1, 0.15) is 36.6 Å². The molecule has 190 valence electrons. The molecule has 0 aromatic carbocycles. The average Bonchev–Trinajstić information content (AvgIpc) is 2.89. The van der Waals surface area contributed by atoms with Crippen LogP contribution in [0.3, 0.4) is 0 Å². The van der Waals surface area contributed by atoms with Gasteiger partial charge in [-0.05, 0) is 0 Å². The molecular formula is C12H22O18S2. The summed E-state index contributed by atoms with van der Waals surface area (Å²) in [5, 5.41) is 59.1. The van der Waals surface area contributed by atoms with Crippen LogP contribution < -0.4 is 0 Å². The van der Waals surface area contributed by atoms with E-state index < -0.39 is 88.5 Å². The van der Waals surface area contributed by atoms with Crippen molar-refractivity contribution in [3.8, 4) is 0 Å². The van der Waals surface area contributed by atoms with Gasteiger partial charge >= 0.3 is 26.8 Å². The number of aliphatic hydroxyl groups is 6. The molecule has 3 rings (SSSR count). The molecule has 0 spiro atoms. The summed E-state index contributed by atoms with van der Waals surface area (Å²) in [4.78, 5) is 0. The Morgan fingerprint density at radius 1 is 0.969 bits per heavy atom. The lowest BCUT2D eigenvalue weighted by atomic mass is 9.97. The van der Waals surface area contributed by atoms with Crippen molar-refractivity contribution < 1.29 is 84.3 Å². The summed E-state index contributed by atoms with van der Waals surface area (Å²) in [7, 11) is -9.75. The number of fused-ring (bicyclic) bond motifs is 2. The molecule has 3 aliphatic rings. The van der Waals surface area contributed by atoms with E-state index in [9.17, 15) is 39.1 Å². The zero-order chi connectivity index (χ0) is 24.6. The van der Waals surface area contributed by atoms with Crippen molar-refractivity contribution >= 4 is 20.8 Å². The van der Waals surface area contributed by atoms with Crippen LogP contribution >= 0.6 is 0 Å². The molecule has 10 atom stereocenters. The lowest BCUT2D eigenvalue weighted by molar-refractivity contribution is -0.484. The summed E-state index contributed by atoms with van der Waals surface area (Å²) >= 11 is 0. The van der Waals surface area contributed by atoms with Crippen molar-refractivity contribution in [3.05, 3.63) is 0 Å². The minimum atomic E-state index is -5.08. The van der Waals surface area contributed by atoms with E-state index in [1.807, 2.05) is 0 Å². The topological polar surface area (TPSA) is 296 Å². The Balaban J connectivity index is 0.000000654. The number of aliphatic hydroxyl groups excluding tert-OH is 5. The predicted octanol–water partition coefficient (Wildman–Crippen LogP) is -5.86. The highest BCUT2D eigenvalue weighted by Crippen LogP contribution is 2.37. The number of hydrogen-bond acceptors (Lipinski definition) is 15. The normalized spacial score (nSPS) is 44.6. The third-order valence-electron chi connectivity index (χ3n) is 4.52. The first-order valence-electron chi connectivity index (χ1n) is 8.50. The predicted molar refractivity (Wildman–Crippen MR) is 91.0 cm³/mol. The Morgan fingerprint density at radius 2 is 1.53 bits per heavy atom. The quantitative estimate of drug-likeness (QED) is 0.121. The third-order valence-corrected chi connectivity index (χ3v) is 4.98. The molecule has 32 heavy (non-hydrogen) atoms. The molecule has 0 radical (unpaired) electrons. The van der Waals surface area contributed by atoms with E-state index in [1.165, 1.54) is 0 Å². The first-order chi connectivity index (χ1) is 14.5. The van der Waals surface area contributed by atoms with Gasteiger partial charge < -0.3 is 44.8 Å². The van der Waals surface area contributed by atoms with Crippen LogP contribution in [0.2, 0.25) is 0 Å². The fraction of sp³-hybridized carbons (Fsp3) is 1.00. The lowest BCUT2D eigenvalue weighted by Gasteiger charge is -2.47. The zero-order valence-corrected chi connectivity index (χ0v) is 17.3. The Hall–Kier alpha value is -0.660. The van der Waals surface area contributed by atoms with Crippen LogP contribution in [0.5, 0.6) is 0 Å². The second kappa shape index (κ2) is 9.91. The molecule has 0 aromatic heterocycles. The summed E-state index contributed by atoms with van der Waals surface area (Å²) in [5.74, 6) is -3.07. The summed E-state index contributed by atoms with van der Waals surface area (Å²) in [6.07, 6.45) is -15.0. The van der Waals surface area contributed by atoms with E-state index in [0.717, 1.165) is 0 Å². The molecule has 0 aromatic rings. The molecule has 3 aliphatic heterocycles. The van der Waals surface area contributed by atoms with Crippen molar-refractivity contribution in [2.75, 3.05) is 13.2 Å². The largest absolute Gasteiger partial charge is 0.397 e. The van der Waals surface area contributed by atoms with Crippen molar-refractivity contribution in [1.29, 1.82) is 0 Å². The molecule has 20 heteroatoms. The van der Waals surface area contributed by atoms with Crippen LogP contribution in [-0.4, -0.2) is 135 Å². The van der Waals surface area contributed by atoms with Gasteiger partial charge in [-0.2, -0.15) is 16.8 Å². The lowest BCUT2D eigenvalue weighted by Crippen LogP contribution is -2.68. The Labute approximate surface area is 180 Å². The highest BCUT2D eigenvalue weighted by atomic mass is 32.3. The molecule has 3 saturated heterocycles. The van der Waals surface area contributed by atoms with Crippen molar-refractivity contribution in [1.82, 2.24) is 0 Å². The second-order valence-corrected chi connectivity index (χ2v) is 8.72. The Kier molecular flexibility index (Phi) is 8.54. The molecule has 9 N–H and O–H groups in total. The van der Waals surface area contributed by atoms with Gasteiger partial charge in [0.15, 0.2) is 18.5 Å².